The van der Waals surface area contributed by atoms with Gasteiger partial charge in [-0.15, -0.1) is 11.3 Å². The maximum Gasteiger partial charge on any atom is 0.265 e. The Hall–Kier alpha value is -1.47. The number of hydrogen-bond acceptors (Lipinski definition) is 5. The summed E-state index contributed by atoms with van der Waals surface area (Å²) in [5.74, 6) is 0.434. The van der Waals surface area contributed by atoms with Crippen molar-refractivity contribution >= 4 is 23.2 Å². The largest absolute Gasteiger partial charge is 0.385 e. The molecule has 0 aromatic carbocycles. The number of ether oxygens (including phenoxy) is 1. The molecule has 25 heavy (non-hydrogen) atoms. The molecule has 1 aromatic rings. The number of likely N-dealkylation sites (tertiary alicyclic amines) is 1. The smallest absolute Gasteiger partial charge is 0.265 e. The predicted molar refractivity (Wildman–Crippen MR) is 96.8 cm³/mol. The van der Waals surface area contributed by atoms with Crippen LogP contribution in [0.5, 0.6) is 0 Å². The second-order valence-electron chi connectivity index (χ2n) is 7.23. The van der Waals surface area contributed by atoms with Gasteiger partial charge in [0.05, 0.1) is 10.7 Å². The zero-order valence-corrected chi connectivity index (χ0v) is 16.1. The van der Waals surface area contributed by atoms with Gasteiger partial charge in [0, 0.05) is 38.3 Å². The molecule has 7 heteroatoms. The summed E-state index contributed by atoms with van der Waals surface area (Å²) in [5.41, 5.74) is 0.566. The van der Waals surface area contributed by atoms with E-state index in [-0.39, 0.29) is 23.3 Å². The molecule has 138 valence electrons. The lowest BCUT2D eigenvalue weighted by Crippen LogP contribution is -2.57. The summed E-state index contributed by atoms with van der Waals surface area (Å²) in [6.45, 7) is 5.74. The Balaban J connectivity index is 1.65. The van der Waals surface area contributed by atoms with Crippen LogP contribution in [0.1, 0.15) is 52.5 Å². The van der Waals surface area contributed by atoms with Crippen LogP contribution in [0.15, 0.2) is 0 Å². The first-order valence-electron chi connectivity index (χ1n) is 8.98. The number of piperidine rings is 1. The van der Waals surface area contributed by atoms with E-state index in [4.69, 9.17) is 4.74 Å². The molecule has 1 aromatic heterocycles. The van der Waals surface area contributed by atoms with Crippen molar-refractivity contribution in [3.8, 4) is 0 Å². The molecule has 0 atom stereocenters. The standard InChI is InChI=1S/C18H27N3O3S/c1-12-15(25-13(2)19-12)17(23)21-9-6-18(7-10-21,8-11-24-3)20-16(22)14-4-5-14/h14H,4-11H2,1-3H3,(H,20,22). The Bertz CT molecular complexity index is 646. The molecule has 3 rings (SSSR count). The summed E-state index contributed by atoms with van der Waals surface area (Å²) in [6.07, 6.45) is 4.35. The van der Waals surface area contributed by atoms with E-state index in [1.807, 2.05) is 18.7 Å². The number of amides is 2. The van der Waals surface area contributed by atoms with Crippen molar-refractivity contribution in [1.29, 1.82) is 0 Å². The number of methoxy groups -OCH3 is 1. The summed E-state index contributed by atoms with van der Waals surface area (Å²) >= 11 is 1.46. The van der Waals surface area contributed by atoms with Crippen molar-refractivity contribution in [2.75, 3.05) is 26.8 Å². The topological polar surface area (TPSA) is 71.5 Å². The molecule has 1 aliphatic heterocycles. The SMILES string of the molecule is COCCC1(NC(=O)C2CC2)CCN(C(=O)c2sc(C)nc2C)CC1. The number of aromatic nitrogens is 1. The minimum Gasteiger partial charge on any atom is -0.385 e. The summed E-state index contributed by atoms with van der Waals surface area (Å²) < 4.78 is 5.25. The maximum atomic E-state index is 12.8. The van der Waals surface area contributed by atoms with Crippen LogP contribution in [-0.2, 0) is 9.53 Å². The van der Waals surface area contributed by atoms with Crippen LogP contribution >= 0.6 is 11.3 Å². The third-order valence-corrected chi connectivity index (χ3v) is 6.29. The van der Waals surface area contributed by atoms with E-state index in [1.54, 1.807) is 7.11 Å². The van der Waals surface area contributed by atoms with Crippen molar-refractivity contribution < 1.29 is 14.3 Å². The molecule has 2 heterocycles. The first-order valence-corrected chi connectivity index (χ1v) is 9.80. The second-order valence-corrected chi connectivity index (χ2v) is 8.43. The Labute approximate surface area is 153 Å². The first kappa shape index (κ1) is 18.3. The first-order chi connectivity index (χ1) is 11.9. The van der Waals surface area contributed by atoms with E-state index in [9.17, 15) is 9.59 Å². The van der Waals surface area contributed by atoms with E-state index >= 15 is 0 Å². The molecule has 2 amide bonds. The molecule has 1 saturated heterocycles. The highest BCUT2D eigenvalue weighted by atomic mass is 32.1. The number of hydrogen-bond donors (Lipinski definition) is 1. The zero-order chi connectivity index (χ0) is 18.0. The van der Waals surface area contributed by atoms with Gasteiger partial charge >= 0.3 is 0 Å². The van der Waals surface area contributed by atoms with Gasteiger partial charge in [-0.2, -0.15) is 0 Å². The molecule has 0 unspecified atom stereocenters. The number of rotatable bonds is 6. The molecule has 0 spiro atoms. The van der Waals surface area contributed by atoms with Gasteiger partial charge < -0.3 is 15.0 Å². The molecule has 1 N–H and O–H groups in total. The molecule has 2 fully saturated rings. The van der Waals surface area contributed by atoms with Crippen LogP contribution in [0.25, 0.3) is 0 Å². The average molecular weight is 365 g/mol. The average Bonchev–Trinajstić information content (AvgIpc) is 3.38. The van der Waals surface area contributed by atoms with Gasteiger partial charge in [0.1, 0.15) is 4.88 Å². The van der Waals surface area contributed by atoms with Gasteiger partial charge in [0.25, 0.3) is 5.91 Å². The number of thiazole rings is 1. The van der Waals surface area contributed by atoms with Crippen LogP contribution in [-0.4, -0.2) is 54.0 Å². The second kappa shape index (κ2) is 7.41. The number of carbonyl (C=O) groups excluding carboxylic acids is 2. The Morgan fingerprint density at radius 3 is 2.52 bits per heavy atom. The summed E-state index contributed by atoms with van der Waals surface area (Å²) in [4.78, 5) is 32.1. The normalized spacial score (nSPS) is 19.7. The summed E-state index contributed by atoms with van der Waals surface area (Å²) in [5, 5.41) is 4.20. The minimum atomic E-state index is -0.245. The molecule has 6 nitrogen and oxygen atoms in total. The van der Waals surface area contributed by atoms with Gasteiger partial charge in [0.2, 0.25) is 5.91 Å². The highest BCUT2D eigenvalue weighted by Crippen LogP contribution is 2.33. The van der Waals surface area contributed by atoms with Crippen molar-refractivity contribution in [3.63, 3.8) is 0 Å². The van der Waals surface area contributed by atoms with Gasteiger partial charge in [-0.3, -0.25) is 9.59 Å². The van der Waals surface area contributed by atoms with E-state index in [2.05, 4.69) is 10.3 Å². The summed E-state index contributed by atoms with van der Waals surface area (Å²) in [6, 6.07) is 0. The lowest BCUT2D eigenvalue weighted by atomic mass is 9.84. The van der Waals surface area contributed by atoms with E-state index in [0.29, 0.717) is 19.7 Å². The van der Waals surface area contributed by atoms with Crippen LogP contribution in [0, 0.1) is 19.8 Å². The van der Waals surface area contributed by atoms with E-state index < -0.39 is 0 Å². The maximum absolute atomic E-state index is 12.8. The lowest BCUT2D eigenvalue weighted by Gasteiger charge is -2.42. The van der Waals surface area contributed by atoms with Gasteiger partial charge in [-0.1, -0.05) is 0 Å². The number of aryl methyl sites for hydroxylation is 2. The van der Waals surface area contributed by atoms with Crippen LogP contribution < -0.4 is 5.32 Å². The molecule has 0 bridgehead atoms. The monoisotopic (exact) mass is 365 g/mol. The van der Waals surface area contributed by atoms with Crippen molar-refractivity contribution in [1.82, 2.24) is 15.2 Å². The van der Waals surface area contributed by atoms with Gasteiger partial charge in [0.15, 0.2) is 0 Å². The van der Waals surface area contributed by atoms with Crippen LogP contribution in [0.2, 0.25) is 0 Å². The molecule has 0 radical (unpaired) electrons. The molecular formula is C18H27N3O3S. The fourth-order valence-electron chi connectivity index (χ4n) is 3.46. The third-order valence-electron chi connectivity index (χ3n) is 5.23. The quantitative estimate of drug-likeness (QED) is 0.840. The predicted octanol–water partition coefficient (Wildman–Crippen LogP) is 2.30. The lowest BCUT2D eigenvalue weighted by molar-refractivity contribution is -0.125. The molecule has 1 saturated carbocycles. The zero-order valence-electron chi connectivity index (χ0n) is 15.3. The number of nitrogens with zero attached hydrogens (tertiary/aromatic N) is 2. The fraction of sp³-hybridized carbons (Fsp3) is 0.722. The van der Waals surface area contributed by atoms with Crippen molar-refractivity contribution in [3.05, 3.63) is 15.6 Å². The number of carbonyl (C=O) groups is 2. The van der Waals surface area contributed by atoms with Crippen molar-refractivity contribution in [2.45, 2.75) is 51.5 Å². The Morgan fingerprint density at radius 2 is 2.00 bits per heavy atom. The van der Waals surface area contributed by atoms with Crippen LogP contribution in [0.4, 0.5) is 0 Å². The highest BCUT2D eigenvalue weighted by molar-refractivity contribution is 7.13. The molecule has 1 aliphatic carbocycles. The fourth-order valence-corrected chi connectivity index (χ4v) is 4.34. The Morgan fingerprint density at radius 1 is 1.32 bits per heavy atom. The Kier molecular flexibility index (Phi) is 5.43. The number of nitrogens with one attached hydrogen (secondary N) is 1. The summed E-state index contributed by atoms with van der Waals surface area (Å²) in [7, 11) is 1.68. The van der Waals surface area contributed by atoms with Gasteiger partial charge in [-0.25, -0.2) is 4.98 Å². The van der Waals surface area contributed by atoms with E-state index in [0.717, 1.165) is 47.7 Å². The van der Waals surface area contributed by atoms with Crippen molar-refractivity contribution in [2.24, 2.45) is 5.92 Å². The highest BCUT2D eigenvalue weighted by Gasteiger charge is 2.40. The minimum absolute atomic E-state index is 0.0666. The van der Waals surface area contributed by atoms with Gasteiger partial charge in [-0.05, 0) is 46.0 Å². The third kappa shape index (κ3) is 4.20. The van der Waals surface area contributed by atoms with Crippen LogP contribution in [0.3, 0.4) is 0 Å². The molecule has 2 aliphatic rings. The van der Waals surface area contributed by atoms with E-state index in [1.165, 1.54) is 11.3 Å². The molecular weight excluding hydrogens is 338 g/mol.